The Bertz CT molecular complexity index is 64.0. The van der Waals surface area contributed by atoms with E-state index < -0.39 is 0 Å². The van der Waals surface area contributed by atoms with E-state index in [0.29, 0.717) is 0 Å². The fraction of sp³-hybridized carbons (Fsp3) is 0. The number of H-pyrrole nitrogens is 1. The predicted molar refractivity (Wildman–Crippen MR) is 20.8 cm³/mol. The van der Waals surface area contributed by atoms with Gasteiger partial charge in [0, 0.05) is 45.1 Å². The summed E-state index contributed by atoms with van der Waals surface area (Å²) in [5.74, 6) is 0. The number of rotatable bonds is 0. The molecule has 0 spiro atoms. The van der Waals surface area contributed by atoms with Gasteiger partial charge >= 0.3 is 0 Å². The van der Waals surface area contributed by atoms with Crippen LogP contribution in [0.5, 0.6) is 0 Å². The van der Waals surface area contributed by atoms with Crippen molar-refractivity contribution in [2.75, 3.05) is 0 Å². The van der Waals surface area contributed by atoms with Crippen molar-refractivity contribution in [2.24, 2.45) is 0 Å². The summed E-state index contributed by atoms with van der Waals surface area (Å²) in [6.45, 7) is 0. The Balaban J connectivity index is 0.000000250. The molecule has 0 aromatic carbocycles. The van der Waals surface area contributed by atoms with Crippen LogP contribution >= 0.6 is 0 Å². The molecule has 0 aliphatic carbocycles. The van der Waals surface area contributed by atoms with E-state index in [2.05, 4.69) is 4.98 Å². The molecule has 6 heavy (non-hydrogen) atoms. The van der Waals surface area contributed by atoms with E-state index in [1.807, 2.05) is 24.5 Å². The van der Waals surface area contributed by atoms with Crippen LogP contribution < -0.4 is 0 Å². The first-order chi connectivity index (χ1) is 2.50. The molecule has 1 N–H and O–H groups in total. The maximum Gasteiger partial charge on any atom is 0.000496 e. The Morgan fingerprint density at radius 3 is 1.67 bits per heavy atom. The van der Waals surface area contributed by atoms with Crippen molar-refractivity contribution in [1.82, 2.24) is 4.98 Å². The van der Waals surface area contributed by atoms with Crippen LogP contribution in [0.4, 0.5) is 0 Å². The maximum absolute atomic E-state index is 2.86. The summed E-state index contributed by atoms with van der Waals surface area (Å²) in [5, 5.41) is 0. The second-order valence-electron chi connectivity index (χ2n) is 0.885. The zero-order chi connectivity index (χ0) is 3.54. The topological polar surface area (TPSA) is 15.8 Å². The standard InChI is InChI=1S/C4H5N.Y/c1-2-4-5-3-1;/h1-5H;. The van der Waals surface area contributed by atoms with Gasteiger partial charge in [-0.2, -0.15) is 0 Å². The molecule has 0 aliphatic heterocycles. The molecule has 0 aliphatic rings. The summed E-state index contributed by atoms with van der Waals surface area (Å²) < 4.78 is 0. The van der Waals surface area contributed by atoms with E-state index in [-0.39, 0.29) is 32.7 Å². The van der Waals surface area contributed by atoms with Crippen molar-refractivity contribution in [3.8, 4) is 0 Å². The molecule has 1 heterocycles. The van der Waals surface area contributed by atoms with E-state index in [4.69, 9.17) is 0 Å². The molecule has 1 nitrogen and oxygen atoms in total. The molecular formula is C4H5NY. The summed E-state index contributed by atoms with van der Waals surface area (Å²) in [6.07, 6.45) is 3.75. The monoisotopic (exact) mass is 156 g/mol. The average molecular weight is 156 g/mol. The average Bonchev–Trinajstić information content (AvgIpc) is 1.76. The molecule has 0 unspecified atom stereocenters. The molecule has 1 rings (SSSR count). The normalized spacial score (nSPS) is 6.67. The number of nitrogens with one attached hydrogen (secondary N) is 1. The fourth-order valence-electron chi connectivity index (χ4n) is 0.278. The molecule has 0 saturated carbocycles. The second-order valence-corrected chi connectivity index (χ2v) is 0.885. The Morgan fingerprint density at radius 2 is 1.50 bits per heavy atom. The third-order valence-corrected chi connectivity index (χ3v) is 0.496. The molecule has 1 radical (unpaired) electrons. The van der Waals surface area contributed by atoms with Crippen LogP contribution in [0.3, 0.4) is 0 Å². The van der Waals surface area contributed by atoms with Crippen LogP contribution in [0.15, 0.2) is 24.5 Å². The van der Waals surface area contributed by atoms with Gasteiger partial charge in [0.25, 0.3) is 0 Å². The van der Waals surface area contributed by atoms with Gasteiger partial charge in [0.2, 0.25) is 0 Å². The minimum absolute atomic E-state index is 0. The SMILES string of the molecule is [Y].c1cc[nH]c1. The number of hydrogen-bond acceptors (Lipinski definition) is 0. The van der Waals surface area contributed by atoms with Crippen LogP contribution in [0.25, 0.3) is 0 Å². The van der Waals surface area contributed by atoms with Gasteiger partial charge < -0.3 is 4.98 Å². The predicted octanol–water partition coefficient (Wildman–Crippen LogP) is 1.01. The molecule has 1 aromatic heterocycles. The van der Waals surface area contributed by atoms with Gasteiger partial charge in [-0.3, -0.25) is 0 Å². The molecular weight excluding hydrogens is 151 g/mol. The molecule has 2 heteroatoms. The van der Waals surface area contributed by atoms with E-state index >= 15 is 0 Å². The van der Waals surface area contributed by atoms with Crippen molar-refractivity contribution in [2.45, 2.75) is 0 Å². The van der Waals surface area contributed by atoms with Crippen molar-refractivity contribution in [3.63, 3.8) is 0 Å². The first kappa shape index (κ1) is 6.38. The van der Waals surface area contributed by atoms with Gasteiger partial charge in [0.05, 0.1) is 0 Å². The summed E-state index contributed by atoms with van der Waals surface area (Å²) in [5.41, 5.74) is 0. The molecule has 1 aromatic rings. The van der Waals surface area contributed by atoms with Crippen LogP contribution in [0.2, 0.25) is 0 Å². The van der Waals surface area contributed by atoms with E-state index in [9.17, 15) is 0 Å². The maximum atomic E-state index is 2.86. The fourth-order valence-corrected chi connectivity index (χ4v) is 0.278. The second kappa shape index (κ2) is 3.57. The molecule has 0 bridgehead atoms. The van der Waals surface area contributed by atoms with Crippen LogP contribution in [-0.2, 0) is 32.7 Å². The van der Waals surface area contributed by atoms with Crippen molar-refractivity contribution >= 4 is 0 Å². The third-order valence-electron chi connectivity index (χ3n) is 0.496. The summed E-state index contributed by atoms with van der Waals surface area (Å²) in [4.78, 5) is 2.86. The number of aromatic amines is 1. The smallest absolute Gasteiger partial charge is 0.000496 e. The zero-order valence-corrected chi connectivity index (χ0v) is 6.23. The Morgan fingerprint density at radius 1 is 1.00 bits per heavy atom. The molecule has 0 atom stereocenters. The van der Waals surface area contributed by atoms with Gasteiger partial charge in [-0.25, -0.2) is 0 Å². The third kappa shape index (κ3) is 1.73. The van der Waals surface area contributed by atoms with Crippen molar-refractivity contribution in [1.29, 1.82) is 0 Å². The quantitative estimate of drug-likeness (QED) is 0.576. The van der Waals surface area contributed by atoms with E-state index in [1.54, 1.807) is 0 Å². The van der Waals surface area contributed by atoms with Gasteiger partial charge in [0.1, 0.15) is 0 Å². The van der Waals surface area contributed by atoms with Gasteiger partial charge in [-0.1, -0.05) is 0 Å². The first-order valence-corrected chi connectivity index (χ1v) is 1.58. The summed E-state index contributed by atoms with van der Waals surface area (Å²) in [7, 11) is 0. The van der Waals surface area contributed by atoms with E-state index in [1.165, 1.54) is 0 Å². The van der Waals surface area contributed by atoms with Crippen LogP contribution in [0, 0.1) is 0 Å². The molecule has 0 fully saturated rings. The molecule has 0 saturated heterocycles. The molecule has 29 valence electrons. The summed E-state index contributed by atoms with van der Waals surface area (Å²) in [6, 6.07) is 3.89. The molecule has 0 amide bonds. The van der Waals surface area contributed by atoms with Crippen molar-refractivity contribution < 1.29 is 32.7 Å². The number of hydrogen-bond donors (Lipinski definition) is 1. The first-order valence-electron chi connectivity index (χ1n) is 1.58. The minimum atomic E-state index is 0. The van der Waals surface area contributed by atoms with Crippen molar-refractivity contribution in [3.05, 3.63) is 24.5 Å². The van der Waals surface area contributed by atoms with Crippen LogP contribution in [-0.4, -0.2) is 4.98 Å². The Kier molecular flexibility index (Phi) is 3.80. The van der Waals surface area contributed by atoms with Gasteiger partial charge in [-0.05, 0) is 12.1 Å². The van der Waals surface area contributed by atoms with E-state index in [0.717, 1.165) is 0 Å². The largest absolute Gasteiger partial charge is 0.368 e. The Labute approximate surface area is 62.0 Å². The van der Waals surface area contributed by atoms with Gasteiger partial charge in [0.15, 0.2) is 0 Å². The number of aromatic nitrogens is 1. The minimum Gasteiger partial charge on any atom is -0.368 e. The van der Waals surface area contributed by atoms with Gasteiger partial charge in [-0.15, -0.1) is 0 Å². The Hall–Kier alpha value is 0.384. The summed E-state index contributed by atoms with van der Waals surface area (Å²) >= 11 is 0. The zero-order valence-electron chi connectivity index (χ0n) is 3.39. The van der Waals surface area contributed by atoms with Crippen LogP contribution in [0.1, 0.15) is 0 Å².